The van der Waals surface area contributed by atoms with Crippen LogP contribution in [0.4, 0.5) is 4.39 Å². The molecule has 0 aliphatic heterocycles. The van der Waals surface area contributed by atoms with E-state index >= 15 is 0 Å². The average Bonchev–Trinajstić information content (AvgIpc) is 2.77. The fourth-order valence-corrected chi connectivity index (χ4v) is 3.06. The van der Waals surface area contributed by atoms with E-state index in [1.165, 1.54) is 11.6 Å². The highest BCUT2D eigenvalue weighted by Crippen LogP contribution is 2.22. The summed E-state index contributed by atoms with van der Waals surface area (Å²) in [7, 11) is 2.00. The summed E-state index contributed by atoms with van der Waals surface area (Å²) in [6, 6.07) is 8.63. The van der Waals surface area contributed by atoms with E-state index in [1.54, 1.807) is 23.5 Å². The van der Waals surface area contributed by atoms with Gasteiger partial charge in [0.1, 0.15) is 11.9 Å². The molecule has 0 aliphatic carbocycles. The van der Waals surface area contributed by atoms with Crippen LogP contribution in [0.15, 0.2) is 33.4 Å². The third-order valence-electron chi connectivity index (χ3n) is 2.68. The van der Waals surface area contributed by atoms with Crippen LogP contribution in [0.1, 0.15) is 16.7 Å². The Morgan fingerprint density at radius 1 is 1.32 bits per heavy atom. The van der Waals surface area contributed by atoms with Crippen LogP contribution < -0.4 is 0 Å². The summed E-state index contributed by atoms with van der Waals surface area (Å²) in [6.45, 7) is 1.50. The van der Waals surface area contributed by atoms with Crippen molar-refractivity contribution in [1.29, 1.82) is 5.26 Å². The maximum Gasteiger partial charge on any atom is 0.140 e. The third-order valence-corrected chi connectivity index (χ3v) is 4.23. The molecule has 0 bridgehead atoms. The Morgan fingerprint density at radius 3 is 2.68 bits per heavy atom. The minimum Gasteiger partial charge on any atom is -0.298 e. The summed E-state index contributed by atoms with van der Waals surface area (Å²) in [5.41, 5.74) is 2.28. The lowest BCUT2D eigenvalue weighted by molar-refractivity contribution is 0.319. The van der Waals surface area contributed by atoms with E-state index in [0.717, 1.165) is 15.9 Å². The zero-order valence-electron chi connectivity index (χ0n) is 10.4. The van der Waals surface area contributed by atoms with Crippen LogP contribution >= 0.6 is 27.3 Å². The molecule has 98 valence electrons. The lowest BCUT2D eigenvalue weighted by Crippen LogP contribution is -2.16. The number of hydrogen-bond acceptors (Lipinski definition) is 3. The number of rotatable bonds is 4. The van der Waals surface area contributed by atoms with E-state index in [-0.39, 0.29) is 5.56 Å². The molecule has 0 spiro atoms. The van der Waals surface area contributed by atoms with Crippen molar-refractivity contribution in [2.75, 3.05) is 7.05 Å². The van der Waals surface area contributed by atoms with E-state index in [4.69, 9.17) is 5.26 Å². The second kappa shape index (κ2) is 6.29. The fourth-order valence-electron chi connectivity index (χ4n) is 1.86. The number of thiophene rings is 1. The molecule has 0 aliphatic rings. The summed E-state index contributed by atoms with van der Waals surface area (Å²) in [6.07, 6.45) is 0. The monoisotopic (exact) mass is 338 g/mol. The second-order valence-electron chi connectivity index (χ2n) is 4.36. The molecule has 2 nitrogen and oxygen atoms in total. The highest BCUT2D eigenvalue weighted by atomic mass is 79.9. The molecular formula is C14H12BrFN2S. The van der Waals surface area contributed by atoms with Crippen molar-refractivity contribution in [2.45, 2.75) is 13.1 Å². The summed E-state index contributed by atoms with van der Waals surface area (Å²) in [5, 5.41) is 10.9. The molecule has 2 aromatic rings. The van der Waals surface area contributed by atoms with Crippen molar-refractivity contribution >= 4 is 27.3 Å². The minimum atomic E-state index is -0.462. The Bertz CT molecular complexity index is 618. The van der Waals surface area contributed by atoms with Gasteiger partial charge in [-0.1, -0.05) is 6.07 Å². The Balaban J connectivity index is 2.03. The third kappa shape index (κ3) is 3.87. The normalized spacial score (nSPS) is 10.7. The van der Waals surface area contributed by atoms with Gasteiger partial charge in [-0.05, 0) is 57.7 Å². The first-order valence-corrected chi connectivity index (χ1v) is 7.35. The first kappa shape index (κ1) is 14.2. The van der Waals surface area contributed by atoms with Gasteiger partial charge in [0.05, 0.1) is 9.35 Å². The van der Waals surface area contributed by atoms with Crippen LogP contribution in [0.25, 0.3) is 0 Å². The Labute approximate surface area is 124 Å². The number of halogens is 2. The lowest BCUT2D eigenvalue weighted by Gasteiger charge is -2.16. The lowest BCUT2D eigenvalue weighted by atomic mass is 10.1. The molecule has 0 N–H and O–H groups in total. The van der Waals surface area contributed by atoms with E-state index < -0.39 is 5.82 Å². The predicted molar refractivity (Wildman–Crippen MR) is 78.3 cm³/mol. The Hall–Kier alpha value is -1.22. The number of benzene rings is 1. The van der Waals surface area contributed by atoms with Gasteiger partial charge in [-0.3, -0.25) is 4.90 Å². The van der Waals surface area contributed by atoms with Crippen molar-refractivity contribution < 1.29 is 4.39 Å². The smallest absolute Gasteiger partial charge is 0.140 e. The second-order valence-corrected chi connectivity index (χ2v) is 6.65. The summed E-state index contributed by atoms with van der Waals surface area (Å²) < 4.78 is 14.3. The van der Waals surface area contributed by atoms with Gasteiger partial charge in [0.15, 0.2) is 0 Å². The van der Waals surface area contributed by atoms with E-state index in [1.807, 2.05) is 13.1 Å². The first-order valence-electron chi connectivity index (χ1n) is 5.68. The highest BCUT2D eigenvalue weighted by molar-refractivity contribution is 9.11. The minimum absolute atomic E-state index is 0.101. The topological polar surface area (TPSA) is 27.0 Å². The van der Waals surface area contributed by atoms with Gasteiger partial charge in [-0.25, -0.2) is 4.39 Å². The van der Waals surface area contributed by atoms with Crippen molar-refractivity contribution in [3.63, 3.8) is 0 Å². The average molecular weight is 339 g/mol. The standard InChI is InChI=1S/C14H12BrFN2S/c1-18(8-11-5-14(15)19-9-11)7-10-2-3-13(16)12(4-10)6-17/h2-5,9H,7-8H2,1H3. The van der Waals surface area contributed by atoms with Gasteiger partial charge in [-0.15, -0.1) is 11.3 Å². The highest BCUT2D eigenvalue weighted by Gasteiger charge is 2.07. The molecule has 5 heteroatoms. The molecule has 19 heavy (non-hydrogen) atoms. The van der Waals surface area contributed by atoms with Gasteiger partial charge < -0.3 is 0 Å². The van der Waals surface area contributed by atoms with Crippen molar-refractivity contribution in [2.24, 2.45) is 0 Å². The summed E-state index contributed by atoms with van der Waals surface area (Å²) in [4.78, 5) is 2.13. The van der Waals surface area contributed by atoms with Crippen LogP contribution in [-0.2, 0) is 13.1 Å². The molecule has 1 heterocycles. The maximum atomic E-state index is 13.2. The summed E-state index contributed by atoms with van der Waals surface area (Å²) in [5.74, 6) is -0.462. The maximum absolute atomic E-state index is 13.2. The van der Waals surface area contributed by atoms with E-state index in [9.17, 15) is 4.39 Å². The van der Waals surface area contributed by atoms with E-state index in [0.29, 0.717) is 6.54 Å². The van der Waals surface area contributed by atoms with Crippen LogP contribution in [-0.4, -0.2) is 11.9 Å². The van der Waals surface area contributed by atoms with Crippen LogP contribution in [0.3, 0.4) is 0 Å². The quantitative estimate of drug-likeness (QED) is 0.837. The van der Waals surface area contributed by atoms with Crippen LogP contribution in [0.2, 0.25) is 0 Å². The Morgan fingerprint density at radius 2 is 2.05 bits per heavy atom. The Kier molecular flexibility index (Phi) is 4.70. The molecule has 1 aromatic heterocycles. The first-order chi connectivity index (χ1) is 9.08. The van der Waals surface area contributed by atoms with Gasteiger partial charge in [0, 0.05) is 13.1 Å². The SMILES string of the molecule is CN(Cc1csc(Br)c1)Cc1ccc(F)c(C#N)c1. The predicted octanol–water partition coefficient (Wildman–Crippen LogP) is 4.15. The van der Waals surface area contributed by atoms with E-state index in [2.05, 4.69) is 32.3 Å². The molecule has 0 radical (unpaired) electrons. The molecule has 2 rings (SSSR count). The van der Waals surface area contributed by atoms with Crippen LogP contribution in [0.5, 0.6) is 0 Å². The van der Waals surface area contributed by atoms with Gasteiger partial charge in [-0.2, -0.15) is 5.26 Å². The number of hydrogen-bond donors (Lipinski definition) is 0. The number of nitrogens with zero attached hydrogens (tertiary/aromatic N) is 2. The molecule has 0 amide bonds. The zero-order chi connectivity index (χ0) is 13.8. The van der Waals surface area contributed by atoms with Gasteiger partial charge in [0.25, 0.3) is 0 Å². The van der Waals surface area contributed by atoms with Crippen molar-refractivity contribution in [3.05, 3.63) is 55.9 Å². The summed E-state index contributed by atoms with van der Waals surface area (Å²) >= 11 is 5.10. The zero-order valence-corrected chi connectivity index (χ0v) is 12.8. The van der Waals surface area contributed by atoms with Crippen LogP contribution in [0, 0.1) is 17.1 Å². The fraction of sp³-hybridized carbons (Fsp3) is 0.214. The largest absolute Gasteiger partial charge is 0.298 e. The molecular weight excluding hydrogens is 327 g/mol. The van der Waals surface area contributed by atoms with Gasteiger partial charge >= 0.3 is 0 Å². The van der Waals surface area contributed by atoms with Crippen molar-refractivity contribution in [1.82, 2.24) is 4.90 Å². The molecule has 0 saturated carbocycles. The van der Waals surface area contributed by atoms with Gasteiger partial charge in [0.2, 0.25) is 0 Å². The molecule has 0 fully saturated rings. The van der Waals surface area contributed by atoms with Crippen molar-refractivity contribution in [3.8, 4) is 6.07 Å². The molecule has 1 aromatic carbocycles. The molecule has 0 atom stereocenters. The molecule has 0 unspecified atom stereocenters. The molecule has 0 saturated heterocycles. The number of nitriles is 1.